The SMILES string of the molecule is CC1CCC2(O1)C(C)(C)C(C)CC1OC12C. The van der Waals surface area contributed by atoms with Crippen molar-refractivity contribution in [3.8, 4) is 0 Å². The van der Waals surface area contributed by atoms with Gasteiger partial charge in [-0.25, -0.2) is 0 Å². The second-order valence-electron chi connectivity index (χ2n) is 6.87. The van der Waals surface area contributed by atoms with Crippen molar-refractivity contribution in [2.24, 2.45) is 11.3 Å². The molecule has 0 aromatic heterocycles. The van der Waals surface area contributed by atoms with Crippen LogP contribution in [0.3, 0.4) is 0 Å². The van der Waals surface area contributed by atoms with E-state index in [0.29, 0.717) is 18.1 Å². The quantitative estimate of drug-likeness (QED) is 0.590. The predicted molar refractivity (Wildman–Crippen MR) is 63.4 cm³/mol. The van der Waals surface area contributed by atoms with Gasteiger partial charge >= 0.3 is 0 Å². The molecule has 2 heteroatoms. The smallest absolute Gasteiger partial charge is 0.121 e. The highest BCUT2D eigenvalue weighted by molar-refractivity contribution is 5.25. The number of ether oxygens (including phenoxy) is 2. The van der Waals surface area contributed by atoms with E-state index in [1.807, 2.05) is 0 Å². The summed E-state index contributed by atoms with van der Waals surface area (Å²) in [6.07, 6.45) is 4.38. The van der Waals surface area contributed by atoms with Gasteiger partial charge in [-0.1, -0.05) is 20.8 Å². The van der Waals surface area contributed by atoms with Gasteiger partial charge in [-0.05, 0) is 44.4 Å². The van der Waals surface area contributed by atoms with Gasteiger partial charge in [-0.2, -0.15) is 0 Å². The fourth-order valence-electron chi connectivity index (χ4n) is 4.25. The highest BCUT2D eigenvalue weighted by Crippen LogP contribution is 2.67. The van der Waals surface area contributed by atoms with Crippen LogP contribution in [0.5, 0.6) is 0 Å². The van der Waals surface area contributed by atoms with Crippen molar-refractivity contribution in [3.05, 3.63) is 0 Å². The minimum absolute atomic E-state index is 0.00618. The van der Waals surface area contributed by atoms with Crippen LogP contribution in [-0.4, -0.2) is 23.4 Å². The molecule has 0 radical (unpaired) electrons. The fourth-order valence-corrected chi connectivity index (χ4v) is 4.25. The van der Waals surface area contributed by atoms with E-state index in [1.165, 1.54) is 19.3 Å². The molecule has 2 heterocycles. The van der Waals surface area contributed by atoms with Crippen LogP contribution in [0.25, 0.3) is 0 Å². The van der Waals surface area contributed by atoms with Crippen LogP contribution in [0.15, 0.2) is 0 Å². The molecule has 2 saturated heterocycles. The Hall–Kier alpha value is -0.0800. The Bertz CT molecular complexity index is 325. The molecule has 1 aliphatic carbocycles. The number of hydrogen-bond acceptors (Lipinski definition) is 2. The minimum atomic E-state index is -0.0399. The average Bonchev–Trinajstić information content (AvgIpc) is 2.68. The minimum Gasteiger partial charge on any atom is -0.368 e. The number of hydrogen-bond donors (Lipinski definition) is 0. The van der Waals surface area contributed by atoms with Gasteiger partial charge in [0.05, 0.1) is 12.2 Å². The van der Waals surface area contributed by atoms with Crippen molar-refractivity contribution in [2.75, 3.05) is 0 Å². The Labute approximate surface area is 98.7 Å². The topological polar surface area (TPSA) is 21.8 Å². The van der Waals surface area contributed by atoms with Gasteiger partial charge in [0.25, 0.3) is 0 Å². The van der Waals surface area contributed by atoms with Gasteiger partial charge in [0, 0.05) is 0 Å². The molecule has 16 heavy (non-hydrogen) atoms. The summed E-state index contributed by atoms with van der Waals surface area (Å²) in [5.41, 5.74) is 0.176. The maximum absolute atomic E-state index is 6.41. The second-order valence-corrected chi connectivity index (χ2v) is 6.87. The first-order valence-corrected chi connectivity index (χ1v) is 6.69. The molecule has 3 fully saturated rings. The molecule has 2 nitrogen and oxygen atoms in total. The van der Waals surface area contributed by atoms with Crippen molar-refractivity contribution in [3.63, 3.8) is 0 Å². The zero-order valence-electron chi connectivity index (χ0n) is 11.2. The molecule has 3 aliphatic rings. The summed E-state index contributed by atoms with van der Waals surface area (Å²) in [6, 6.07) is 0. The largest absolute Gasteiger partial charge is 0.368 e. The second kappa shape index (κ2) is 2.84. The molecule has 5 unspecified atom stereocenters. The highest BCUT2D eigenvalue weighted by atomic mass is 16.6. The summed E-state index contributed by atoms with van der Waals surface area (Å²) in [5, 5.41) is 0. The third-order valence-electron chi connectivity index (χ3n) is 5.89. The molecule has 0 aromatic carbocycles. The highest BCUT2D eigenvalue weighted by Gasteiger charge is 2.76. The molecule has 5 atom stereocenters. The Balaban J connectivity index is 2.04. The van der Waals surface area contributed by atoms with Crippen LogP contribution in [0.2, 0.25) is 0 Å². The lowest BCUT2D eigenvalue weighted by molar-refractivity contribution is -0.174. The van der Waals surface area contributed by atoms with Crippen LogP contribution >= 0.6 is 0 Å². The van der Waals surface area contributed by atoms with Crippen LogP contribution in [-0.2, 0) is 9.47 Å². The van der Waals surface area contributed by atoms with Crippen molar-refractivity contribution in [1.29, 1.82) is 0 Å². The summed E-state index contributed by atoms with van der Waals surface area (Å²) in [7, 11) is 0. The predicted octanol–water partition coefficient (Wildman–Crippen LogP) is 3.15. The van der Waals surface area contributed by atoms with Crippen molar-refractivity contribution >= 4 is 0 Å². The third kappa shape index (κ3) is 1.01. The lowest BCUT2D eigenvalue weighted by atomic mass is 9.55. The molecule has 1 spiro atoms. The number of epoxide rings is 1. The lowest BCUT2D eigenvalue weighted by Gasteiger charge is -2.52. The van der Waals surface area contributed by atoms with Crippen molar-refractivity contribution < 1.29 is 9.47 Å². The molecular weight excluding hydrogens is 200 g/mol. The monoisotopic (exact) mass is 224 g/mol. The molecule has 0 amide bonds. The van der Waals surface area contributed by atoms with E-state index in [0.717, 1.165) is 0 Å². The average molecular weight is 224 g/mol. The van der Waals surface area contributed by atoms with Gasteiger partial charge < -0.3 is 9.47 Å². The summed E-state index contributed by atoms with van der Waals surface area (Å²) < 4.78 is 12.4. The first-order chi connectivity index (χ1) is 7.33. The summed E-state index contributed by atoms with van der Waals surface area (Å²) in [5.74, 6) is 0.679. The van der Waals surface area contributed by atoms with Gasteiger partial charge in [0.2, 0.25) is 0 Å². The third-order valence-corrected chi connectivity index (χ3v) is 5.89. The zero-order valence-corrected chi connectivity index (χ0v) is 11.2. The standard InChI is InChI=1S/C14H24O2/c1-9-8-11-13(5,16-11)14(12(9,3)4)7-6-10(2)15-14/h9-11H,6-8H2,1-5H3. The molecular formula is C14H24O2. The first-order valence-electron chi connectivity index (χ1n) is 6.69. The number of rotatable bonds is 0. The fraction of sp³-hybridized carbons (Fsp3) is 1.00. The van der Waals surface area contributed by atoms with E-state index >= 15 is 0 Å². The molecule has 0 bridgehead atoms. The van der Waals surface area contributed by atoms with Gasteiger partial charge in [-0.3, -0.25) is 0 Å². The lowest BCUT2D eigenvalue weighted by Crippen LogP contribution is -2.61. The van der Waals surface area contributed by atoms with E-state index in [9.17, 15) is 0 Å². The molecule has 2 aliphatic heterocycles. The van der Waals surface area contributed by atoms with Crippen LogP contribution in [0.1, 0.15) is 53.9 Å². The summed E-state index contributed by atoms with van der Waals surface area (Å²) in [4.78, 5) is 0. The maximum Gasteiger partial charge on any atom is 0.121 e. The van der Waals surface area contributed by atoms with Crippen LogP contribution in [0, 0.1) is 11.3 Å². The van der Waals surface area contributed by atoms with E-state index in [1.54, 1.807) is 0 Å². The van der Waals surface area contributed by atoms with Crippen molar-refractivity contribution in [1.82, 2.24) is 0 Å². The van der Waals surface area contributed by atoms with Crippen molar-refractivity contribution in [2.45, 2.75) is 77.3 Å². The normalized spacial score (nSPS) is 58.7. The Kier molecular flexibility index (Phi) is 1.96. The van der Waals surface area contributed by atoms with E-state index < -0.39 is 0 Å². The molecule has 92 valence electrons. The maximum atomic E-state index is 6.41. The van der Waals surface area contributed by atoms with Gasteiger partial charge in [0.1, 0.15) is 11.2 Å². The molecule has 3 rings (SSSR count). The molecule has 0 aromatic rings. The summed E-state index contributed by atoms with van der Waals surface area (Å²) >= 11 is 0. The van der Waals surface area contributed by atoms with Crippen LogP contribution < -0.4 is 0 Å². The van der Waals surface area contributed by atoms with E-state index in [4.69, 9.17) is 9.47 Å². The Morgan fingerprint density at radius 2 is 1.75 bits per heavy atom. The summed E-state index contributed by atoms with van der Waals surface area (Å²) in [6.45, 7) is 11.6. The first kappa shape index (κ1) is 11.0. The Morgan fingerprint density at radius 1 is 1.06 bits per heavy atom. The zero-order chi connectivity index (χ0) is 11.8. The Morgan fingerprint density at radius 3 is 2.31 bits per heavy atom. The molecule has 1 saturated carbocycles. The van der Waals surface area contributed by atoms with Crippen LogP contribution in [0.4, 0.5) is 0 Å². The number of fused-ring (bicyclic) bond motifs is 2. The van der Waals surface area contributed by atoms with E-state index in [2.05, 4.69) is 34.6 Å². The van der Waals surface area contributed by atoms with Gasteiger partial charge in [-0.15, -0.1) is 0 Å². The molecule has 0 N–H and O–H groups in total. The van der Waals surface area contributed by atoms with Gasteiger partial charge in [0.15, 0.2) is 0 Å². The van der Waals surface area contributed by atoms with E-state index in [-0.39, 0.29) is 16.6 Å².